The van der Waals surface area contributed by atoms with Crippen molar-refractivity contribution < 1.29 is 35.4 Å². The number of terminal acetylenes is 1. The monoisotopic (exact) mass is 322 g/mol. The first-order valence-corrected chi connectivity index (χ1v) is 6.97. The average molecular weight is 323 g/mol. The fraction of sp³-hybridized carbons (Fsp3) is 0.667. The van der Waals surface area contributed by atoms with Crippen molar-refractivity contribution in [1.29, 1.82) is 0 Å². The lowest BCUT2D eigenvalue weighted by Gasteiger charge is -2.35. The molecule has 0 aliphatic rings. The van der Waals surface area contributed by atoms with Crippen LogP contribution >= 0.6 is 28.6 Å². The predicted octanol–water partition coefficient (Wildman–Crippen LogP) is 4.48. The van der Waals surface area contributed by atoms with Gasteiger partial charge in [-0.15, -0.1) is 12.3 Å². The molecule has 0 atom stereocenters. The predicted molar refractivity (Wildman–Crippen MR) is 48.7 cm³/mol. The maximum absolute atomic E-state index is 12.4. The van der Waals surface area contributed by atoms with Gasteiger partial charge >= 0.3 is 18.4 Å². The van der Waals surface area contributed by atoms with Gasteiger partial charge in [-0.1, -0.05) is 0 Å². The van der Waals surface area contributed by atoms with Crippen molar-refractivity contribution in [3.05, 3.63) is 0 Å². The van der Waals surface area contributed by atoms with Crippen LogP contribution in [0.15, 0.2) is 0 Å². The van der Waals surface area contributed by atoms with Crippen LogP contribution in [0, 0.1) is 12.3 Å². The molecule has 0 aromatic rings. The van der Waals surface area contributed by atoms with Crippen LogP contribution in [0.4, 0.5) is 26.3 Å². The molecule has 2 nitrogen and oxygen atoms in total. The van der Waals surface area contributed by atoms with Crippen molar-refractivity contribution in [2.75, 3.05) is 0 Å². The second-order valence-corrected chi connectivity index (χ2v) is 6.91. The van der Waals surface area contributed by atoms with Crippen LogP contribution in [0.25, 0.3) is 0 Å². The van der Waals surface area contributed by atoms with Gasteiger partial charge in [0, 0.05) is 0 Å². The third kappa shape index (κ3) is 3.95. The van der Waals surface area contributed by atoms with E-state index in [2.05, 4.69) is 33.4 Å². The second kappa shape index (κ2) is 4.88. The van der Waals surface area contributed by atoms with Crippen LogP contribution in [-0.2, 0) is 9.09 Å². The van der Waals surface area contributed by atoms with E-state index in [9.17, 15) is 30.9 Å². The Morgan fingerprint density at radius 2 is 1.47 bits per heavy atom. The smallest absolute Gasteiger partial charge is 0.279 e. The van der Waals surface area contributed by atoms with E-state index in [4.69, 9.17) is 0 Å². The summed E-state index contributed by atoms with van der Waals surface area (Å²) in [6.45, 7) is 0. The lowest BCUT2D eigenvalue weighted by molar-refractivity contribution is -0.354. The highest BCUT2D eigenvalue weighted by atomic mass is 35.9. The molecule has 0 N–H and O–H groups in total. The van der Waals surface area contributed by atoms with Gasteiger partial charge in [0.25, 0.3) is 5.60 Å². The number of rotatable bonds is 3. The Hall–Kier alpha value is -0.0900. The Balaban J connectivity index is 5.79. The molecule has 100 valence electrons. The summed E-state index contributed by atoms with van der Waals surface area (Å²) in [5, 5.41) is 0. The van der Waals surface area contributed by atoms with Crippen molar-refractivity contribution in [2.24, 2.45) is 0 Å². The van der Waals surface area contributed by atoms with E-state index in [1.807, 2.05) is 0 Å². The van der Waals surface area contributed by atoms with E-state index in [1.165, 1.54) is 0 Å². The van der Waals surface area contributed by atoms with Gasteiger partial charge in [0.05, 0.1) is 6.42 Å². The zero-order chi connectivity index (χ0) is 14.1. The number of alkyl halides is 6. The molecule has 0 saturated carbocycles. The molecule has 0 aliphatic heterocycles. The Kier molecular flexibility index (Phi) is 4.86. The molecule has 0 aromatic heterocycles. The number of halogens is 8. The summed E-state index contributed by atoms with van der Waals surface area (Å²) in [4.78, 5) is 0. The molecule has 0 amide bonds. The highest BCUT2D eigenvalue weighted by Crippen LogP contribution is 2.65. The Morgan fingerprint density at radius 1 is 1.12 bits per heavy atom. The number of hydrogen-bond donors (Lipinski definition) is 0. The molecular weight excluding hydrogens is 320 g/mol. The van der Waals surface area contributed by atoms with Gasteiger partial charge in [0.1, 0.15) is 0 Å². The van der Waals surface area contributed by atoms with E-state index in [0.717, 1.165) is 5.92 Å². The number of hydrogen-bond acceptors (Lipinski definition) is 2. The Morgan fingerprint density at radius 3 is 1.65 bits per heavy atom. The summed E-state index contributed by atoms with van der Waals surface area (Å²) in [6.07, 6.45) is -14.6. The molecule has 0 bridgehead atoms. The summed E-state index contributed by atoms with van der Waals surface area (Å²) in [6, 6.07) is 0. The van der Waals surface area contributed by atoms with Gasteiger partial charge in [-0.05, 0) is 22.5 Å². The first kappa shape index (κ1) is 16.9. The lowest BCUT2D eigenvalue weighted by atomic mass is 9.99. The molecule has 0 aromatic carbocycles. The highest BCUT2D eigenvalue weighted by molar-refractivity contribution is 8.05. The van der Waals surface area contributed by atoms with Gasteiger partial charge in [-0.25, -0.2) is 0 Å². The standard InChI is InChI=1S/C6H3Cl2F6O2P/c1-2-3-4(5(9,10)11,6(12,13)14)16-17(7,8)15/h1H,3H2. The Labute approximate surface area is 101 Å². The molecule has 0 heterocycles. The molecular formula is C6H3Cl2F6O2P. The summed E-state index contributed by atoms with van der Waals surface area (Å²) >= 11 is 9.19. The van der Waals surface area contributed by atoms with Crippen molar-refractivity contribution in [3.8, 4) is 12.3 Å². The molecule has 11 heteroatoms. The van der Waals surface area contributed by atoms with E-state index in [-0.39, 0.29) is 0 Å². The van der Waals surface area contributed by atoms with Crippen molar-refractivity contribution >= 4 is 28.6 Å². The molecule has 0 rings (SSSR count). The van der Waals surface area contributed by atoms with Gasteiger partial charge in [0.2, 0.25) is 0 Å². The van der Waals surface area contributed by atoms with E-state index >= 15 is 0 Å². The molecule has 17 heavy (non-hydrogen) atoms. The minimum absolute atomic E-state index is 1.14. The van der Waals surface area contributed by atoms with Crippen LogP contribution < -0.4 is 0 Å². The van der Waals surface area contributed by atoms with E-state index in [1.54, 1.807) is 0 Å². The van der Waals surface area contributed by atoms with Gasteiger partial charge in [-0.3, -0.25) is 9.09 Å². The Bertz CT molecular complexity index is 350. The van der Waals surface area contributed by atoms with E-state index < -0.39 is 30.4 Å². The van der Waals surface area contributed by atoms with Crippen molar-refractivity contribution in [3.63, 3.8) is 0 Å². The minimum atomic E-state index is -5.98. The maximum Gasteiger partial charge on any atom is 0.427 e. The normalized spacial score (nSPS) is 14.5. The van der Waals surface area contributed by atoms with Gasteiger partial charge < -0.3 is 0 Å². The van der Waals surface area contributed by atoms with Crippen LogP contribution in [0.2, 0.25) is 0 Å². The third-order valence-electron chi connectivity index (χ3n) is 1.53. The fourth-order valence-electron chi connectivity index (χ4n) is 0.822. The van der Waals surface area contributed by atoms with E-state index in [0.29, 0.717) is 0 Å². The summed E-state index contributed by atoms with van der Waals surface area (Å²) in [5.74, 6) is 1.14. The summed E-state index contributed by atoms with van der Waals surface area (Å²) in [7, 11) is 0. The maximum atomic E-state index is 12.4. The first-order valence-electron chi connectivity index (χ1n) is 3.54. The zero-order valence-electron chi connectivity index (χ0n) is 7.57. The summed E-state index contributed by atoms with van der Waals surface area (Å²) in [5.41, 5.74) is -4.85. The van der Waals surface area contributed by atoms with Gasteiger partial charge in [-0.2, -0.15) is 26.3 Å². The second-order valence-electron chi connectivity index (χ2n) is 2.71. The summed E-state index contributed by atoms with van der Waals surface area (Å²) < 4.78 is 88.4. The van der Waals surface area contributed by atoms with Crippen molar-refractivity contribution in [2.45, 2.75) is 24.4 Å². The minimum Gasteiger partial charge on any atom is -0.279 e. The van der Waals surface area contributed by atoms with Crippen LogP contribution in [0.5, 0.6) is 0 Å². The topological polar surface area (TPSA) is 26.3 Å². The zero-order valence-corrected chi connectivity index (χ0v) is 9.98. The average Bonchev–Trinajstić information content (AvgIpc) is 1.96. The quantitative estimate of drug-likeness (QED) is 0.435. The highest BCUT2D eigenvalue weighted by Gasteiger charge is 2.73. The fourth-order valence-corrected chi connectivity index (χ4v) is 2.16. The van der Waals surface area contributed by atoms with Crippen LogP contribution in [0.3, 0.4) is 0 Å². The molecule has 0 saturated heterocycles. The molecule has 0 radical (unpaired) electrons. The molecule has 0 unspecified atom stereocenters. The molecule has 0 fully saturated rings. The third-order valence-corrected chi connectivity index (χ3v) is 2.47. The van der Waals surface area contributed by atoms with Crippen LogP contribution in [0.1, 0.15) is 6.42 Å². The van der Waals surface area contributed by atoms with Crippen molar-refractivity contribution in [1.82, 2.24) is 0 Å². The molecule has 0 spiro atoms. The lowest BCUT2D eigenvalue weighted by Crippen LogP contribution is -2.57. The van der Waals surface area contributed by atoms with Crippen LogP contribution in [-0.4, -0.2) is 18.0 Å². The largest absolute Gasteiger partial charge is 0.427 e. The van der Waals surface area contributed by atoms with Gasteiger partial charge in [0.15, 0.2) is 0 Å². The SMILES string of the molecule is C#CCC(OP(=O)(Cl)Cl)(C(F)(F)F)C(F)(F)F. The molecule has 0 aliphatic carbocycles. The first-order chi connectivity index (χ1) is 7.27.